The lowest BCUT2D eigenvalue weighted by atomic mass is 10.2. The van der Waals surface area contributed by atoms with Crippen molar-refractivity contribution in [2.75, 3.05) is 5.75 Å². The molecule has 0 bridgehead atoms. The van der Waals surface area contributed by atoms with Gasteiger partial charge in [0.15, 0.2) is 9.84 Å². The third kappa shape index (κ3) is 4.68. The summed E-state index contributed by atoms with van der Waals surface area (Å²) in [5, 5.41) is 8.66. The van der Waals surface area contributed by atoms with Gasteiger partial charge < -0.3 is 5.11 Å². The number of carboxylic acid groups (broad SMARTS) is 1. The van der Waals surface area contributed by atoms with Crippen molar-refractivity contribution >= 4 is 27.4 Å². The van der Waals surface area contributed by atoms with Crippen LogP contribution in [0.25, 0.3) is 0 Å². The predicted molar refractivity (Wildman–Crippen MR) is 65.8 cm³/mol. The Kier molecular flexibility index (Phi) is 5.04. The van der Waals surface area contributed by atoms with E-state index >= 15 is 0 Å². The van der Waals surface area contributed by atoms with Gasteiger partial charge in [-0.25, -0.2) is 13.2 Å². The fourth-order valence-corrected chi connectivity index (χ4v) is 2.97. The molecule has 0 aliphatic carbocycles. The second-order valence-electron chi connectivity index (χ2n) is 3.98. The average Bonchev–Trinajstić information content (AvgIpc) is 2.26. The lowest BCUT2D eigenvalue weighted by Gasteiger charge is -2.08. The van der Waals surface area contributed by atoms with Crippen LogP contribution in [0.4, 0.5) is 13.2 Å². The molecular formula is C11H10ClF3O4S. The molecule has 0 saturated carbocycles. The van der Waals surface area contributed by atoms with Crippen LogP contribution in [-0.2, 0) is 9.84 Å². The Hall–Kier alpha value is -1.28. The minimum atomic E-state index is -4.43. The molecule has 9 heteroatoms. The third-order valence-corrected chi connectivity index (χ3v) is 4.53. The van der Waals surface area contributed by atoms with Crippen molar-refractivity contribution in [2.45, 2.75) is 23.9 Å². The smallest absolute Gasteiger partial charge is 0.389 e. The monoisotopic (exact) mass is 330 g/mol. The fraction of sp³-hybridized carbons (Fsp3) is 0.364. The SMILES string of the molecule is O=C(O)c1cc(S(=O)(=O)CCCC(F)(F)F)ccc1Cl. The largest absolute Gasteiger partial charge is 0.478 e. The molecule has 112 valence electrons. The van der Waals surface area contributed by atoms with Crippen molar-refractivity contribution in [3.63, 3.8) is 0 Å². The summed E-state index contributed by atoms with van der Waals surface area (Å²) < 4.78 is 59.5. The Bertz CT molecular complexity index is 611. The van der Waals surface area contributed by atoms with Crippen LogP contribution in [-0.4, -0.2) is 31.4 Å². The maximum atomic E-state index is 12.0. The zero-order valence-electron chi connectivity index (χ0n) is 9.95. The first-order chi connectivity index (χ1) is 9.03. The molecular weight excluding hydrogens is 321 g/mol. The maximum Gasteiger partial charge on any atom is 0.389 e. The summed E-state index contributed by atoms with van der Waals surface area (Å²) in [5.41, 5.74) is -0.413. The molecule has 0 heterocycles. The van der Waals surface area contributed by atoms with Crippen molar-refractivity contribution < 1.29 is 31.5 Å². The Labute approximate surface area is 118 Å². The first kappa shape index (κ1) is 16.8. The van der Waals surface area contributed by atoms with Crippen LogP contribution in [0, 0.1) is 0 Å². The molecule has 0 unspecified atom stereocenters. The molecule has 0 saturated heterocycles. The summed E-state index contributed by atoms with van der Waals surface area (Å²) in [6, 6.07) is 2.99. The number of carboxylic acids is 1. The molecule has 0 aliphatic rings. The van der Waals surface area contributed by atoms with Crippen LogP contribution < -0.4 is 0 Å². The van der Waals surface area contributed by atoms with Gasteiger partial charge in [0, 0.05) is 6.42 Å². The molecule has 0 radical (unpaired) electrons. The second-order valence-corrected chi connectivity index (χ2v) is 6.50. The van der Waals surface area contributed by atoms with Gasteiger partial charge in [-0.3, -0.25) is 0 Å². The van der Waals surface area contributed by atoms with Crippen LogP contribution in [0.1, 0.15) is 23.2 Å². The van der Waals surface area contributed by atoms with Gasteiger partial charge in [0.1, 0.15) is 0 Å². The third-order valence-electron chi connectivity index (χ3n) is 2.40. The topological polar surface area (TPSA) is 71.4 Å². The van der Waals surface area contributed by atoms with E-state index in [2.05, 4.69) is 0 Å². The number of sulfone groups is 1. The summed E-state index contributed by atoms with van der Waals surface area (Å²) in [5.74, 6) is -2.13. The highest BCUT2D eigenvalue weighted by Crippen LogP contribution is 2.25. The molecule has 0 amide bonds. The summed E-state index contributed by atoms with van der Waals surface area (Å²) in [6.07, 6.45) is -6.23. The molecule has 20 heavy (non-hydrogen) atoms. The second kappa shape index (κ2) is 6.01. The molecule has 0 atom stereocenters. The van der Waals surface area contributed by atoms with Gasteiger partial charge in [-0.15, -0.1) is 0 Å². The lowest BCUT2D eigenvalue weighted by molar-refractivity contribution is -0.134. The highest BCUT2D eigenvalue weighted by atomic mass is 35.5. The molecule has 1 aromatic carbocycles. The minimum Gasteiger partial charge on any atom is -0.478 e. The number of halogens is 4. The highest BCUT2D eigenvalue weighted by Gasteiger charge is 2.28. The van der Waals surface area contributed by atoms with Crippen LogP contribution >= 0.6 is 11.6 Å². The Balaban J connectivity index is 2.93. The van der Waals surface area contributed by atoms with Crippen molar-refractivity contribution in [2.24, 2.45) is 0 Å². The average molecular weight is 331 g/mol. The quantitative estimate of drug-likeness (QED) is 0.900. The molecule has 0 fully saturated rings. The normalized spacial score (nSPS) is 12.4. The zero-order chi connectivity index (χ0) is 15.6. The van der Waals surface area contributed by atoms with Crippen LogP contribution in [0.2, 0.25) is 5.02 Å². The number of aromatic carboxylic acids is 1. The van der Waals surface area contributed by atoms with Crippen molar-refractivity contribution in [3.05, 3.63) is 28.8 Å². The molecule has 1 N–H and O–H groups in total. The predicted octanol–water partition coefficient (Wildman–Crippen LogP) is 3.15. The van der Waals surface area contributed by atoms with E-state index in [0.29, 0.717) is 0 Å². The van der Waals surface area contributed by atoms with E-state index in [0.717, 1.165) is 18.2 Å². The van der Waals surface area contributed by atoms with Crippen LogP contribution in [0.15, 0.2) is 23.1 Å². The standard InChI is InChI=1S/C11H10ClF3O4S/c12-9-3-2-7(6-8(9)10(16)17)20(18,19)5-1-4-11(13,14)15/h2-3,6H,1,4-5H2,(H,16,17). The molecule has 0 spiro atoms. The number of hydrogen-bond acceptors (Lipinski definition) is 3. The highest BCUT2D eigenvalue weighted by molar-refractivity contribution is 7.91. The Morgan fingerprint density at radius 1 is 1.30 bits per heavy atom. The summed E-state index contributed by atoms with van der Waals surface area (Å²) >= 11 is 5.58. The number of benzene rings is 1. The van der Waals surface area contributed by atoms with Gasteiger partial charge in [0.05, 0.1) is 21.2 Å². The Morgan fingerprint density at radius 3 is 2.40 bits per heavy atom. The Morgan fingerprint density at radius 2 is 1.90 bits per heavy atom. The number of carbonyl (C=O) groups is 1. The maximum absolute atomic E-state index is 12.0. The van der Waals surface area contributed by atoms with Crippen LogP contribution in [0.3, 0.4) is 0 Å². The van der Waals surface area contributed by atoms with Gasteiger partial charge in [0.2, 0.25) is 0 Å². The molecule has 0 aliphatic heterocycles. The molecule has 0 aromatic heterocycles. The van der Waals surface area contributed by atoms with Crippen molar-refractivity contribution in [1.29, 1.82) is 0 Å². The fourth-order valence-electron chi connectivity index (χ4n) is 1.44. The number of hydrogen-bond donors (Lipinski definition) is 1. The van der Waals surface area contributed by atoms with E-state index in [1.165, 1.54) is 0 Å². The number of rotatable bonds is 5. The number of alkyl halides is 3. The van der Waals surface area contributed by atoms with E-state index in [4.69, 9.17) is 16.7 Å². The van der Waals surface area contributed by atoms with Crippen molar-refractivity contribution in [1.82, 2.24) is 0 Å². The minimum absolute atomic E-state index is 0.147. The van der Waals surface area contributed by atoms with Gasteiger partial charge in [-0.05, 0) is 24.6 Å². The summed E-state index contributed by atoms with van der Waals surface area (Å²) in [6.45, 7) is 0. The zero-order valence-corrected chi connectivity index (χ0v) is 11.5. The first-order valence-corrected chi connectivity index (χ1v) is 7.38. The van der Waals surface area contributed by atoms with E-state index < -0.39 is 46.1 Å². The van der Waals surface area contributed by atoms with Crippen molar-refractivity contribution in [3.8, 4) is 0 Å². The van der Waals surface area contributed by atoms with Crippen LogP contribution in [0.5, 0.6) is 0 Å². The van der Waals surface area contributed by atoms with Gasteiger partial charge in [-0.1, -0.05) is 11.6 Å². The van der Waals surface area contributed by atoms with E-state index in [-0.39, 0.29) is 9.92 Å². The van der Waals surface area contributed by atoms with E-state index in [9.17, 15) is 26.4 Å². The van der Waals surface area contributed by atoms with Gasteiger partial charge >= 0.3 is 12.1 Å². The van der Waals surface area contributed by atoms with Gasteiger partial charge in [0.25, 0.3) is 0 Å². The molecule has 1 aromatic rings. The first-order valence-electron chi connectivity index (χ1n) is 5.35. The van der Waals surface area contributed by atoms with E-state index in [1.807, 2.05) is 0 Å². The summed E-state index contributed by atoms with van der Waals surface area (Å²) in [7, 11) is -3.98. The van der Waals surface area contributed by atoms with Gasteiger partial charge in [-0.2, -0.15) is 13.2 Å². The lowest BCUT2D eigenvalue weighted by Crippen LogP contribution is -2.13. The summed E-state index contributed by atoms with van der Waals surface area (Å²) in [4.78, 5) is 10.5. The molecule has 4 nitrogen and oxygen atoms in total. The molecule has 1 rings (SSSR count). The van der Waals surface area contributed by atoms with E-state index in [1.54, 1.807) is 0 Å².